The molecule has 5 nitrogen and oxygen atoms in total. The first-order chi connectivity index (χ1) is 11.5. The van der Waals surface area contributed by atoms with Gasteiger partial charge in [0.1, 0.15) is 5.82 Å². The Morgan fingerprint density at radius 1 is 0.958 bits per heavy atom. The number of nitrogen functional groups attached to an aromatic ring is 2. The number of hydrogen-bond donors (Lipinski definition) is 2. The van der Waals surface area contributed by atoms with Gasteiger partial charge in [0.25, 0.3) is 0 Å². The maximum atomic E-state index is 6.13. The van der Waals surface area contributed by atoms with Crippen molar-refractivity contribution in [3.63, 3.8) is 0 Å². The molecule has 4 aromatic rings. The summed E-state index contributed by atoms with van der Waals surface area (Å²) in [4.78, 5) is 8.54. The summed E-state index contributed by atoms with van der Waals surface area (Å²) in [6, 6.07) is 10.6. The third kappa shape index (κ3) is 2.01. The van der Waals surface area contributed by atoms with E-state index in [1.807, 2.05) is 13.2 Å². The van der Waals surface area contributed by atoms with E-state index in [0.717, 1.165) is 27.4 Å². The van der Waals surface area contributed by atoms with Gasteiger partial charge < -0.3 is 16.0 Å². The predicted molar refractivity (Wildman–Crippen MR) is 99.7 cm³/mol. The minimum absolute atomic E-state index is 0.196. The fourth-order valence-electron chi connectivity index (χ4n) is 3.40. The number of nitrogens with zero attached hydrogens (tertiary/aromatic N) is 3. The Morgan fingerprint density at radius 3 is 2.54 bits per heavy atom. The molecule has 0 aliphatic rings. The SMILES string of the molecule is Cc1ccc(C)c(-c2cc3nc(N)nc(N)c3c3ccn(C)c23)c1. The van der Waals surface area contributed by atoms with Crippen LogP contribution >= 0.6 is 0 Å². The largest absolute Gasteiger partial charge is 0.383 e. The average molecular weight is 317 g/mol. The number of anilines is 2. The Labute approximate surface area is 139 Å². The van der Waals surface area contributed by atoms with E-state index >= 15 is 0 Å². The molecule has 0 bridgehead atoms. The first-order valence-corrected chi connectivity index (χ1v) is 7.84. The zero-order valence-corrected chi connectivity index (χ0v) is 14.0. The second-order valence-electron chi connectivity index (χ2n) is 6.29. The Morgan fingerprint density at radius 2 is 1.75 bits per heavy atom. The normalized spacial score (nSPS) is 11.5. The van der Waals surface area contributed by atoms with Crippen molar-refractivity contribution in [3.05, 3.63) is 47.7 Å². The van der Waals surface area contributed by atoms with Crippen LogP contribution in [0, 0.1) is 13.8 Å². The van der Waals surface area contributed by atoms with Crippen LogP contribution in [0.25, 0.3) is 32.9 Å². The second-order valence-corrected chi connectivity index (χ2v) is 6.29. The number of hydrogen-bond acceptors (Lipinski definition) is 4. The van der Waals surface area contributed by atoms with Crippen LogP contribution < -0.4 is 11.5 Å². The van der Waals surface area contributed by atoms with Crippen LogP contribution in [0.1, 0.15) is 11.1 Å². The van der Waals surface area contributed by atoms with Crippen LogP contribution in [0.4, 0.5) is 11.8 Å². The maximum Gasteiger partial charge on any atom is 0.222 e. The molecule has 0 spiro atoms. The smallest absolute Gasteiger partial charge is 0.222 e. The number of aryl methyl sites for hydroxylation is 3. The summed E-state index contributed by atoms with van der Waals surface area (Å²) in [7, 11) is 2.04. The minimum Gasteiger partial charge on any atom is -0.383 e. The van der Waals surface area contributed by atoms with Crippen molar-refractivity contribution in [1.82, 2.24) is 14.5 Å². The highest BCUT2D eigenvalue weighted by molar-refractivity contribution is 6.15. The van der Waals surface area contributed by atoms with E-state index in [2.05, 4.69) is 58.7 Å². The van der Waals surface area contributed by atoms with Crippen LogP contribution in [0.3, 0.4) is 0 Å². The summed E-state index contributed by atoms with van der Waals surface area (Å²) >= 11 is 0. The highest BCUT2D eigenvalue weighted by Gasteiger charge is 2.16. The molecule has 0 amide bonds. The molecule has 0 unspecified atom stereocenters. The van der Waals surface area contributed by atoms with E-state index in [9.17, 15) is 0 Å². The first-order valence-electron chi connectivity index (χ1n) is 7.84. The lowest BCUT2D eigenvalue weighted by molar-refractivity contribution is 0.970. The Balaban J connectivity index is 2.22. The molecule has 2 aromatic carbocycles. The van der Waals surface area contributed by atoms with Crippen molar-refractivity contribution in [2.24, 2.45) is 7.05 Å². The molecule has 4 rings (SSSR count). The molecule has 0 fully saturated rings. The lowest BCUT2D eigenvalue weighted by Gasteiger charge is -2.13. The van der Waals surface area contributed by atoms with Crippen molar-refractivity contribution in [3.8, 4) is 11.1 Å². The lowest BCUT2D eigenvalue weighted by Crippen LogP contribution is -2.01. The summed E-state index contributed by atoms with van der Waals surface area (Å²) in [6.45, 7) is 4.22. The summed E-state index contributed by atoms with van der Waals surface area (Å²) in [6.07, 6.45) is 2.04. The van der Waals surface area contributed by atoms with Gasteiger partial charge in [-0.1, -0.05) is 23.8 Å². The van der Waals surface area contributed by atoms with Gasteiger partial charge in [0.05, 0.1) is 16.4 Å². The van der Waals surface area contributed by atoms with Gasteiger partial charge in [0.15, 0.2) is 0 Å². The van der Waals surface area contributed by atoms with E-state index in [1.54, 1.807) is 0 Å². The molecule has 0 atom stereocenters. The lowest BCUT2D eigenvalue weighted by atomic mass is 9.95. The molecular formula is C19H19N5. The summed E-state index contributed by atoms with van der Waals surface area (Å²) in [5.41, 5.74) is 18.6. The molecule has 0 aliphatic heterocycles. The van der Waals surface area contributed by atoms with Gasteiger partial charge in [-0.3, -0.25) is 0 Å². The van der Waals surface area contributed by atoms with Gasteiger partial charge in [-0.15, -0.1) is 0 Å². The Bertz CT molecular complexity index is 1110. The van der Waals surface area contributed by atoms with Crippen molar-refractivity contribution >= 4 is 33.6 Å². The minimum atomic E-state index is 0.196. The van der Waals surface area contributed by atoms with Crippen LogP contribution in [-0.2, 0) is 7.05 Å². The Kier molecular flexibility index (Phi) is 3.00. The Hall–Kier alpha value is -3.08. The fourth-order valence-corrected chi connectivity index (χ4v) is 3.40. The van der Waals surface area contributed by atoms with Gasteiger partial charge in [-0.25, -0.2) is 4.98 Å². The number of aromatic nitrogens is 3. The van der Waals surface area contributed by atoms with Crippen LogP contribution in [-0.4, -0.2) is 14.5 Å². The summed E-state index contributed by atoms with van der Waals surface area (Å²) in [5, 5.41) is 1.90. The molecule has 5 heteroatoms. The average Bonchev–Trinajstić information content (AvgIpc) is 2.90. The van der Waals surface area contributed by atoms with Gasteiger partial charge in [-0.05, 0) is 37.1 Å². The number of fused-ring (bicyclic) bond motifs is 3. The highest BCUT2D eigenvalue weighted by Crippen LogP contribution is 2.38. The predicted octanol–water partition coefficient (Wildman–Crippen LogP) is 3.57. The van der Waals surface area contributed by atoms with Gasteiger partial charge >= 0.3 is 0 Å². The molecular weight excluding hydrogens is 298 g/mol. The van der Waals surface area contributed by atoms with Gasteiger partial charge in [0.2, 0.25) is 5.95 Å². The van der Waals surface area contributed by atoms with Crippen molar-refractivity contribution in [1.29, 1.82) is 0 Å². The monoisotopic (exact) mass is 317 g/mol. The number of benzene rings is 2. The van der Waals surface area contributed by atoms with E-state index in [0.29, 0.717) is 5.82 Å². The van der Waals surface area contributed by atoms with E-state index < -0.39 is 0 Å². The number of nitrogens with two attached hydrogens (primary N) is 2. The zero-order valence-electron chi connectivity index (χ0n) is 14.0. The van der Waals surface area contributed by atoms with Crippen LogP contribution in [0.2, 0.25) is 0 Å². The molecule has 2 heterocycles. The van der Waals surface area contributed by atoms with E-state index in [1.165, 1.54) is 16.7 Å². The fraction of sp³-hybridized carbons (Fsp3) is 0.158. The summed E-state index contributed by atoms with van der Waals surface area (Å²) < 4.78 is 2.11. The molecule has 4 N–H and O–H groups in total. The van der Waals surface area contributed by atoms with E-state index in [-0.39, 0.29) is 5.95 Å². The van der Waals surface area contributed by atoms with Crippen molar-refractivity contribution < 1.29 is 0 Å². The standard InChI is InChI=1S/C19H19N5/c1-10-4-5-11(2)13(8-10)14-9-15-16(18(20)23-19(21)22-15)12-6-7-24(3)17(12)14/h4-9H,1-3H3,(H4,20,21,22,23). The van der Waals surface area contributed by atoms with Crippen LogP contribution in [0.15, 0.2) is 36.5 Å². The quantitative estimate of drug-likeness (QED) is 0.562. The first kappa shape index (κ1) is 14.5. The third-order valence-corrected chi connectivity index (χ3v) is 4.54. The maximum absolute atomic E-state index is 6.13. The third-order valence-electron chi connectivity index (χ3n) is 4.54. The molecule has 0 saturated heterocycles. The van der Waals surface area contributed by atoms with Crippen molar-refractivity contribution in [2.75, 3.05) is 11.5 Å². The second kappa shape index (κ2) is 4.96. The molecule has 120 valence electrons. The van der Waals surface area contributed by atoms with E-state index in [4.69, 9.17) is 11.5 Å². The molecule has 0 aliphatic carbocycles. The zero-order chi connectivity index (χ0) is 17.0. The number of rotatable bonds is 1. The van der Waals surface area contributed by atoms with Gasteiger partial charge in [-0.2, -0.15) is 4.98 Å². The van der Waals surface area contributed by atoms with Crippen molar-refractivity contribution in [2.45, 2.75) is 13.8 Å². The molecule has 24 heavy (non-hydrogen) atoms. The molecule has 2 aromatic heterocycles. The molecule has 0 radical (unpaired) electrons. The van der Waals surface area contributed by atoms with Crippen LogP contribution in [0.5, 0.6) is 0 Å². The molecule has 0 saturated carbocycles. The summed E-state index contributed by atoms with van der Waals surface area (Å²) in [5.74, 6) is 0.614. The topological polar surface area (TPSA) is 82.8 Å². The van der Waals surface area contributed by atoms with Gasteiger partial charge in [0, 0.05) is 24.2 Å². The highest BCUT2D eigenvalue weighted by atomic mass is 15.0.